The fourth-order valence-corrected chi connectivity index (χ4v) is 2.98. The van der Waals surface area contributed by atoms with Gasteiger partial charge in [0.25, 0.3) is 5.91 Å². The summed E-state index contributed by atoms with van der Waals surface area (Å²) < 4.78 is 7.16. The Morgan fingerprint density at radius 2 is 1.73 bits per heavy atom. The van der Waals surface area contributed by atoms with E-state index < -0.39 is 5.54 Å². The quantitative estimate of drug-likeness (QED) is 0.761. The smallest absolute Gasteiger partial charge is 0.255 e. The molecule has 0 radical (unpaired) electrons. The van der Waals surface area contributed by atoms with Gasteiger partial charge >= 0.3 is 0 Å². The molecule has 26 heavy (non-hydrogen) atoms. The highest BCUT2D eigenvalue weighted by Crippen LogP contribution is 2.29. The number of para-hydroxylation sites is 2. The summed E-state index contributed by atoms with van der Waals surface area (Å²) in [7, 11) is 1.63. The zero-order chi connectivity index (χ0) is 18.7. The third kappa shape index (κ3) is 3.47. The van der Waals surface area contributed by atoms with Crippen molar-refractivity contribution in [1.82, 2.24) is 15.1 Å². The zero-order valence-corrected chi connectivity index (χ0v) is 15.5. The predicted molar refractivity (Wildman–Crippen MR) is 102 cm³/mol. The molecule has 2 aromatic carbocycles. The van der Waals surface area contributed by atoms with Gasteiger partial charge in [0.1, 0.15) is 5.75 Å². The summed E-state index contributed by atoms with van der Waals surface area (Å²) in [5, 5.41) is 7.57. The second-order valence-electron chi connectivity index (χ2n) is 6.69. The van der Waals surface area contributed by atoms with Crippen LogP contribution in [0.4, 0.5) is 0 Å². The van der Waals surface area contributed by atoms with Crippen molar-refractivity contribution in [1.29, 1.82) is 0 Å². The van der Waals surface area contributed by atoms with Gasteiger partial charge in [-0.25, -0.2) is 4.68 Å². The van der Waals surface area contributed by atoms with Gasteiger partial charge in [-0.2, -0.15) is 5.10 Å². The number of carbonyl (C=O) groups excluding carboxylic acids is 1. The summed E-state index contributed by atoms with van der Waals surface area (Å²) in [5.41, 5.74) is 2.48. The largest absolute Gasteiger partial charge is 0.496 e. The number of nitrogens with one attached hydrogen (secondary N) is 1. The third-order valence-corrected chi connectivity index (χ3v) is 4.37. The van der Waals surface area contributed by atoms with Gasteiger partial charge in [-0.05, 0) is 39.0 Å². The summed E-state index contributed by atoms with van der Waals surface area (Å²) in [6.07, 6.45) is 1.76. The van der Waals surface area contributed by atoms with E-state index in [4.69, 9.17) is 4.74 Å². The summed E-state index contributed by atoms with van der Waals surface area (Å²) in [6.45, 7) is 5.75. The molecule has 134 valence electrons. The highest BCUT2D eigenvalue weighted by molar-refractivity contribution is 5.95. The number of benzene rings is 2. The molecule has 0 aliphatic heterocycles. The predicted octanol–water partition coefficient (Wildman–Crippen LogP) is 3.85. The Bertz CT molecular complexity index is 914. The molecule has 0 aliphatic rings. The summed E-state index contributed by atoms with van der Waals surface area (Å²) in [4.78, 5) is 12.9. The summed E-state index contributed by atoms with van der Waals surface area (Å²) >= 11 is 0. The SMILES string of the molecule is COc1ccccc1C(C)(C)NC(=O)c1cn(-c2ccccc2)nc1C. The molecular weight excluding hydrogens is 326 g/mol. The van der Waals surface area contributed by atoms with E-state index in [-0.39, 0.29) is 5.91 Å². The highest BCUT2D eigenvalue weighted by atomic mass is 16.5. The number of nitrogens with zero attached hydrogens (tertiary/aromatic N) is 2. The van der Waals surface area contributed by atoms with Crippen molar-refractivity contribution < 1.29 is 9.53 Å². The lowest BCUT2D eigenvalue weighted by molar-refractivity contribution is 0.0910. The van der Waals surface area contributed by atoms with Crippen molar-refractivity contribution in [3.05, 3.63) is 77.6 Å². The van der Waals surface area contributed by atoms with Gasteiger partial charge in [0.15, 0.2) is 0 Å². The first-order chi connectivity index (χ1) is 12.4. The summed E-state index contributed by atoms with van der Waals surface area (Å²) in [5.74, 6) is 0.579. The number of ether oxygens (including phenoxy) is 1. The van der Waals surface area contributed by atoms with Crippen LogP contribution in [0.5, 0.6) is 5.75 Å². The van der Waals surface area contributed by atoms with Crippen LogP contribution >= 0.6 is 0 Å². The van der Waals surface area contributed by atoms with Gasteiger partial charge in [0, 0.05) is 11.8 Å². The molecule has 5 nitrogen and oxygen atoms in total. The number of aromatic nitrogens is 2. The molecule has 3 aromatic rings. The van der Waals surface area contributed by atoms with Crippen molar-refractivity contribution in [2.45, 2.75) is 26.3 Å². The van der Waals surface area contributed by atoms with E-state index in [1.165, 1.54) is 0 Å². The lowest BCUT2D eigenvalue weighted by atomic mass is 9.93. The van der Waals surface area contributed by atoms with Crippen molar-refractivity contribution in [3.63, 3.8) is 0 Å². The zero-order valence-electron chi connectivity index (χ0n) is 15.5. The van der Waals surface area contributed by atoms with Crippen LogP contribution in [-0.4, -0.2) is 22.8 Å². The molecular formula is C21H23N3O2. The Hall–Kier alpha value is -3.08. The maximum Gasteiger partial charge on any atom is 0.255 e. The molecule has 0 spiro atoms. The third-order valence-electron chi connectivity index (χ3n) is 4.37. The van der Waals surface area contributed by atoms with E-state index >= 15 is 0 Å². The van der Waals surface area contributed by atoms with E-state index in [2.05, 4.69) is 10.4 Å². The molecule has 1 amide bonds. The van der Waals surface area contributed by atoms with Gasteiger partial charge in [0.2, 0.25) is 0 Å². The molecule has 0 bridgehead atoms. The maximum atomic E-state index is 12.9. The Labute approximate surface area is 153 Å². The molecule has 0 fully saturated rings. The van der Waals surface area contributed by atoms with Gasteiger partial charge in [0.05, 0.1) is 29.6 Å². The number of hydrogen-bond acceptors (Lipinski definition) is 3. The van der Waals surface area contributed by atoms with Gasteiger partial charge in [-0.1, -0.05) is 36.4 Å². The van der Waals surface area contributed by atoms with Crippen molar-refractivity contribution >= 4 is 5.91 Å². The second kappa shape index (κ2) is 7.04. The lowest BCUT2D eigenvalue weighted by Crippen LogP contribution is -2.41. The number of carbonyl (C=O) groups is 1. The minimum atomic E-state index is -0.592. The fraction of sp³-hybridized carbons (Fsp3) is 0.238. The van der Waals surface area contributed by atoms with Crippen LogP contribution < -0.4 is 10.1 Å². The normalized spacial score (nSPS) is 11.2. The van der Waals surface area contributed by atoms with E-state index in [0.29, 0.717) is 11.3 Å². The molecule has 0 atom stereocenters. The molecule has 1 aromatic heterocycles. The monoisotopic (exact) mass is 349 g/mol. The van der Waals surface area contributed by atoms with Crippen LogP contribution in [0.3, 0.4) is 0 Å². The van der Waals surface area contributed by atoms with Crippen LogP contribution in [0.2, 0.25) is 0 Å². The highest BCUT2D eigenvalue weighted by Gasteiger charge is 2.28. The average Bonchev–Trinajstić information content (AvgIpc) is 3.04. The molecule has 3 rings (SSSR count). The van der Waals surface area contributed by atoms with E-state index in [9.17, 15) is 4.79 Å². The minimum absolute atomic E-state index is 0.166. The van der Waals surface area contributed by atoms with E-state index in [1.807, 2.05) is 75.4 Å². The standard InChI is InChI=1S/C21H23N3O2/c1-15-17(14-24(23-15)16-10-6-5-7-11-16)20(25)22-21(2,3)18-12-8-9-13-19(18)26-4/h5-14H,1-4H3,(H,22,25). The topological polar surface area (TPSA) is 56.1 Å². The first-order valence-corrected chi connectivity index (χ1v) is 8.50. The van der Waals surface area contributed by atoms with Crippen molar-refractivity contribution in [2.75, 3.05) is 7.11 Å². The number of aryl methyl sites for hydroxylation is 1. The molecule has 0 saturated carbocycles. The number of methoxy groups -OCH3 is 1. The first kappa shape index (κ1) is 17.7. The van der Waals surface area contributed by atoms with Crippen LogP contribution in [0, 0.1) is 6.92 Å². The van der Waals surface area contributed by atoms with Crippen LogP contribution in [0.15, 0.2) is 60.8 Å². The minimum Gasteiger partial charge on any atom is -0.496 e. The van der Waals surface area contributed by atoms with Crippen LogP contribution in [-0.2, 0) is 5.54 Å². The Kier molecular flexibility index (Phi) is 4.80. The number of amides is 1. The van der Waals surface area contributed by atoms with Crippen molar-refractivity contribution in [3.8, 4) is 11.4 Å². The molecule has 0 saturated heterocycles. The number of rotatable bonds is 5. The van der Waals surface area contributed by atoms with Crippen LogP contribution in [0.25, 0.3) is 5.69 Å². The van der Waals surface area contributed by atoms with Gasteiger partial charge in [-0.15, -0.1) is 0 Å². The molecule has 1 heterocycles. The molecule has 0 unspecified atom stereocenters. The Balaban J connectivity index is 1.87. The Morgan fingerprint density at radius 3 is 2.42 bits per heavy atom. The van der Waals surface area contributed by atoms with Crippen molar-refractivity contribution in [2.24, 2.45) is 0 Å². The Morgan fingerprint density at radius 1 is 1.08 bits per heavy atom. The number of hydrogen-bond donors (Lipinski definition) is 1. The van der Waals surface area contributed by atoms with E-state index in [0.717, 1.165) is 17.0 Å². The molecule has 0 aliphatic carbocycles. The van der Waals surface area contributed by atoms with E-state index in [1.54, 1.807) is 18.0 Å². The lowest BCUT2D eigenvalue weighted by Gasteiger charge is -2.28. The van der Waals surface area contributed by atoms with Gasteiger partial charge in [-0.3, -0.25) is 4.79 Å². The second-order valence-corrected chi connectivity index (χ2v) is 6.69. The average molecular weight is 349 g/mol. The fourth-order valence-electron chi connectivity index (χ4n) is 2.98. The maximum absolute atomic E-state index is 12.9. The van der Waals surface area contributed by atoms with Crippen LogP contribution in [0.1, 0.15) is 35.5 Å². The summed E-state index contributed by atoms with van der Waals surface area (Å²) in [6, 6.07) is 17.4. The molecule has 1 N–H and O–H groups in total. The first-order valence-electron chi connectivity index (χ1n) is 8.50. The molecule has 5 heteroatoms. The van der Waals surface area contributed by atoms with Gasteiger partial charge < -0.3 is 10.1 Å².